The third-order valence-electron chi connectivity index (χ3n) is 6.21. The number of hydrogen-bond donors (Lipinski definition) is 1. The van der Waals surface area contributed by atoms with Gasteiger partial charge in [-0.25, -0.2) is 0 Å². The van der Waals surface area contributed by atoms with Gasteiger partial charge in [0.25, 0.3) is 0 Å². The van der Waals surface area contributed by atoms with Gasteiger partial charge in [0.15, 0.2) is 0 Å². The minimum absolute atomic E-state index is 0.412. The molecule has 1 amide bonds. The molecule has 0 bridgehead atoms. The van der Waals surface area contributed by atoms with Crippen LogP contribution in [0.3, 0.4) is 0 Å². The van der Waals surface area contributed by atoms with Crippen molar-refractivity contribution in [1.82, 2.24) is 4.57 Å². The Balaban J connectivity index is 1.75. The van der Waals surface area contributed by atoms with Crippen molar-refractivity contribution >= 4 is 54.4 Å². The van der Waals surface area contributed by atoms with Gasteiger partial charge in [-0.1, -0.05) is 61.9 Å². The molecule has 2 N–H and O–H groups in total. The number of aromatic nitrogens is 1. The lowest BCUT2D eigenvalue weighted by Gasteiger charge is -2.12. The second kappa shape index (κ2) is 8.44. The number of unbranched alkanes of at least 4 members (excludes halogenated alkanes) is 1. The van der Waals surface area contributed by atoms with E-state index in [2.05, 4.69) is 88.1 Å². The van der Waals surface area contributed by atoms with Gasteiger partial charge in [0, 0.05) is 27.4 Å². The number of nitrogens with two attached hydrogens (primary N) is 1. The van der Waals surface area contributed by atoms with Crippen LogP contribution in [0.4, 0.5) is 0 Å². The van der Waals surface area contributed by atoms with Gasteiger partial charge in [0.1, 0.15) is 0 Å². The van der Waals surface area contributed by atoms with Crippen LogP contribution in [-0.2, 0) is 13.0 Å². The zero-order valence-electron chi connectivity index (χ0n) is 18.0. The van der Waals surface area contributed by atoms with Crippen LogP contribution in [0.5, 0.6) is 0 Å². The van der Waals surface area contributed by atoms with Gasteiger partial charge in [-0.05, 0) is 74.9 Å². The lowest BCUT2D eigenvalue weighted by molar-refractivity contribution is 0.100. The summed E-state index contributed by atoms with van der Waals surface area (Å²) < 4.78 is 3.39. The van der Waals surface area contributed by atoms with Crippen molar-refractivity contribution in [2.24, 2.45) is 5.73 Å². The monoisotopic (exact) mass is 483 g/mol. The molecule has 4 aromatic carbocycles. The zero-order chi connectivity index (χ0) is 22.2. The number of carbonyl (C=O) groups excluding carboxylic acids is 1. The number of carbonyl (C=O) groups is 1. The molecule has 32 heavy (non-hydrogen) atoms. The molecule has 0 unspecified atom stereocenters. The van der Waals surface area contributed by atoms with E-state index in [4.69, 9.17) is 5.73 Å². The number of rotatable bonds is 6. The largest absolute Gasteiger partial charge is 0.366 e. The predicted octanol–water partition coefficient (Wildman–Crippen LogP) is 7.00. The molecule has 5 rings (SSSR count). The number of hydrogen-bond acceptors (Lipinski definition) is 1. The van der Waals surface area contributed by atoms with E-state index in [1.165, 1.54) is 21.9 Å². The maximum atomic E-state index is 12.2. The van der Waals surface area contributed by atoms with E-state index in [1.807, 2.05) is 6.07 Å². The normalized spacial score (nSPS) is 11.6. The van der Waals surface area contributed by atoms with Crippen molar-refractivity contribution in [2.75, 3.05) is 0 Å². The fraction of sp³-hybridized carbons (Fsp3) is 0.179. The van der Waals surface area contributed by atoms with Gasteiger partial charge < -0.3 is 10.3 Å². The van der Waals surface area contributed by atoms with Gasteiger partial charge in [-0.15, -0.1) is 0 Å². The van der Waals surface area contributed by atoms with E-state index in [0.29, 0.717) is 12.1 Å². The average molecular weight is 484 g/mol. The summed E-state index contributed by atoms with van der Waals surface area (Å²) in [5, 5.41) is 4.23. The number of benzene rings is 4. The summed E-state index contributed by atoms with van der Waals surface area (Å²) in [6.07, 6.45) is 3.31. The summed E-state index contributed by atoms with van der Waals surface area (Å²) >= 11 is 3.85. The van der Waals surface area contributed by atoms with Crippen LogP contribution < -0.4 is 5.73 Å². The Labute approximate surface area is 196 Å². The molecule has 0 aliphatic heterocycles. The van der Waals surface area contributed by atoms with Gasteiger partial charge in [0.2, 0.25) is 5.91 Å². The minimum atomic E-state index is -0.412. The molecule has 1 heterocycles. The number of nitrogens with zero attached hydrogens (tertiary/aromatic N) is 1. The summed E-state index contributed by atoms with van der Waals surface area (Å²) in [6.45, 7) is 2.88. The lowest BCUT2D eigenvalue weighted by atomic mass is 10.0. The molecule has 0 aliphatic rings. The molecule has 0 saturated carbocycles. The zero-order valence-corrected chi connectivity index (χ0v) is 19.6. The number of amides is 1. The van der Waals surface area contributed by atoms with Crippen molar-refractivity contribution in [1.29, 1.82) is 0 Å². The van der Waals surface area contributed by atoms with Crippen LogP contribution in [0, 0.1) is 6.07 Å². The van der Waals surface area contributed by atoms with E-state index in [9.17, 15) is 4.79 Å². The Morgan fingerprint density at radius 2 is 1.91 bits per heavy atom. The van der Waals surface area contributed by atoms with Gasteiger partial charge in [-0.2, -0.15) is 0 Å². The number of fused-ring (bicyclic) bond motifs is 4. The third-order valence-corrected chi connectivity index (χ3v) is 7.15. The van der Waals surface area contributed by atoms with Crippen molar-refractivity contribution < 1.29 is 4.79 Å². The molecular weight excluding hydrogens is 460 g/mol. The molecule has 3 nitrogen and oxygen atoms in total. The standard InChI is InChI=1S/C28H24BrN2O/c1-2-3-7-18-12-15-22-25(16-18)31(24-11-6-10-23(26(22)24)28(30)32)17-20-14-13-19-8-4-5-9-21(19)27(20)29/h4-6,8-14,16H,2-3,7,17H2,1H3,(H2,30,32). The van der Waals surface area contributed by atoms with Crippen LogP contribution in [0.1, 0.15) is 41.3 Å². The Bertz CT molecular complexity index is 1480. The first-order valence-corrected chi connectivity index (χ1v) is 11.8. The molecule has 0 spiro atoms. The van der Waals surface area contributed by atoms with Crippen molar-refractivity contribution in [2.45, 2.75) is 32.7 Å². The second-order valence-corrected chi connectivity index (χ2v) is 9.07. The van der Waals surface area contributed by atoms with Crippen LogP contribution in [-0.4, -0.2) is 10.5 Å². The highest BCUT2D eigenvalue weighted by atomic mass is 79.9. The maximum absolute atomic E-state index is 12.2. The summed E-state index contributed by atoms with van der Waals surface area (Å²) in [7, 11) is 0. The minimum Gasteiger partial charge on any atom is -0.366 e. The van der Waals surface area contributed by atoms with Gasteiger partial charge in [-0.3, -0.25) is 4.79 Å². The van der Waals surface area contributed by atoms with E-state index in [1.54, 1.807) is 6.07 Å². The first kappa shape index (κ1) is 20.8. The molecule has 0 atom stereocenters. The smallest absolute Gasteiger partial charge is 0.249 e. The molecule has 0 fully saturated rings. The Morgan fingerprint density at radius 3 is 2.72 bits per heavy atom. The Morgan fingerprint density at radius 1 is 1.06 bits per heavy atom. The lowest BCUT2D eigenvalue weighted by Crippen LogP contribution is -2.11. The fourth-order valence-electron chi connectivity index (χ4n) is 4.57. The maximum Gasteiger partial charge on any atom is 0.249 e. The molecule has 5 aromatic rings. The quantitative estimate of drug-likeness (QED) is 0.277. The first-order valence-electron chi connectivity index (χ1n) is 11.0. The van der Waals surface area contributed by atoms with Crippen LogP contribution >= 0.6 is 15.9 Å². The van der Waals surface area contributed by atoms with Crippen LogP contribution in [0.25, 0.3) is 32.6 Å². The summed E-state index contributed by atoms with van der Waals surface area (Å²) in [4.78, 5) is 12.2. The highest BCUT2D eigenvalue weighted by molar-refractivity contribution is 9.10. The number of aryl methyl sites for hydroxylation is 1. The van der Waals surface area contributed by atoms with Crippen molar-refractivity contribution in [3.63, 3.8) is 0 Å². The van der Waals surface area contributed by atoms with E-state index in [-0.39, 0.29) is 0 Å². The molecular formula is C28H24BrN2O. The molecule has 159 valence electrons. The third kappa shape index (κ3) is 3.49. The average Bonchev–Trinajstić information content (AvgIpc) is 3.12. The highest BCUT2D eigenvalue weighted by Gasteiger charge is 2.18. The van der Waals surface area contributed by atoms with Crippen molar-refractivity contribution in [3.8, 4) is 0 Å². The molecule has 1 aromatic heterocycles. The molecule has 0 saturated heterocycles. The predicted molar refractivity (Wildman–Crippen MR) is 136 cm³/mol. The summed E-state index contributed by atoms with van der Waals surface area (Å²) in [5.74, 6) is -0.412. The first-order chi connectivity index (χ1) is 15.6. The van der Waals surface area contributed by atoms with Crippen LogP contribution in [0.15, 0.2) is 71.2 Å². The van der Waals surface area contributed by atoms with E-state index < -0.39 is 5.91 Å². The highest BCUT2D eigenvalue weighted by Crippen LogP contribution is 2.35. The Kier molecular flexibility index (Phi) is 5.48. The van der Waals surface area contributed by atoms with E-state index >= 15 is 0 Å². The summed E-state index contributed by atoms with van der Waals surface area (Å²) in [6, 6.07) is 26.3. The molecule has 4 heteroatoms. The SMILES string of the molecule is CCCCc1c[c]c2c3c(C(N)=O)cccc3n(Cc3ccc4ccccc4c3Br)c2c1. The van der Waals surface area contributed by atoms with Gasteiger partial charge in [0.05, 0.1) is 11.0 Å². The fourth-order valence-corrected chi connectivity index (χ4v) is 5.19. The van der Waals surface area contributed by atoms with Crippen molar-refractivity contribution in [3.05, 3.63) is 94.0 Å². The van der Waals surface area contributed by atoms with E-state index in [0.717, 1.165) is 45.5 Å². The van der Waals surface area contributed by atoms with Gasteiger partial charge >= 0.3 is 0 Å². The molecule has 0 aliphatic carbocycles. The van der Waals surface area contributed by atoms with Crippen LogP contribution in [0.2, 0.25) is 0 Å². The Hall–Kier alpha value is -3.11. The second-order valence-electron chi connectivity index (χ2n) is 8.28. The topological polar surface area (TPSA) is 48.0 Å². The molecule has 1 radical (unpaired) electrons. The number of halogens is 1. The summed E-state index contributed by atoms with van der Waals surface area (Å²) in [5.41, 5.74) is 10.8. The number of primary amides is 1.